The lowest BCUT2D eigenvalue weighted by Gasteiger charge is -2.44. The molecule has 4 rings (SSSR count). The Balaban J connectivity index is 1.46. The molecule has 0 aliphatic carbocycles. The SMILES string of the molecule is O=C(OC(C(F)(F)F)C(F)(F)F)N1CCC2(CCCN2C(=O)c2cc3cc(C(F)(F)F)ccc3s2)CC1. The minimum atomic E-state index is -5.83. The molecule has 2 aliphatic rings. The quantitative estimate of drug-likeness (QED) is 0.387. The highest BCUT2D eigenvalue weighted by atomic mass is 32.1. The van der Waals surface area contributed by atoms with Gasteiger partial charge in [0.15, 0.2) is 0 Å². The molecule has 204 valence electrons. The fourth-order valence-corrected chi connectivity index (χ4v) is 5.83. The normalized spacial score (nSPS) is 18.8. The van der Waals surface area contributed by atoms with Gasteiger partial charge in [0, 0.05) is 29.9 Å². The standard InChI is InChI=1S/C22H19F9N2O3S/c23-20(24,25)13-2-3-14-12(10-13)11-15(37-14)16(34)33-7-1-4-19(33)5-8-32(9-6-19)18(35)36-17(21(26,27)28)22(29,30)31/h2-3,10-11,17H,1,4-9H2. The van der Waals surface area contributed by atoms with E-state index in [4.69, 9.17) is 0 Å². The van der Waals surface area contributed by atoms with Crippen molar-refractivity contribution in [3.63, 3.8) is 0 Å². The number of fused-ring (bicyclic) bond motifs is 1. The average Bonchev–Trinajstić information content (AvgIpc) is 3.39. The molecular weight excluding hydrogens is 543 g/mol. The topological polar surface area (TPSA) is 49.9 Å². The maximum absolute atomic E-state index is 13.3. The number of ether oxygens (including phenoxy) is 1. The monoisotopic (exact) mass is 562 g/mol. The second-order valence-electron chi connectivity index (χ2n) is 8.98. The smallest absolute Gasteiger partial charge is 0.426 e. The summed E-state index contributed by atoms with van der Waals surface area (Å²) in [4.78, 5) is 27.9. The van der Waals surface area contributed by atoms with Crippen molar-refractivity contribution in [1.82, 2.24) is 9.80 Å². The van der Waals surface area contributed by atoms with E-state index < -0.39 is 47.7 Å². The number of carbonyl (C=O) groups excluding carboxylic acids is 2. The molecule has 0 atom stereocenters. The maximum atomic E-state index is 13.3. The molecule has 2 aromatic rings. The Bertz CT molecular complexity index is 1170. The zero-order valence-corrected chi connectivity index (χ0v) is 19.6. The molecule has 1 aromatic carbocycles. The van der Waals surface area contributed by atoms with Crippen LogP contribution < -0.4 is 0 Å². The van der Waals surface area contributed by atoms with Gasteiger partial charge in [-0.2, -0.15) is 39.5 Å². The molecule has 2 fully saturated rings. The van der Waals surface area contributed by atoms with Gasteiger partial charge < -0.3 is 14.5 Å². The van der Waals surface area contributed by atoms with Crippen LogP contribution in [0.5, 0.6) is 0 Å². The number of likely N-dealkylation sites (tertiary alicyclic amines) is 2. The highest BCUT2D eigenvalue weighted by Gasteiger charge is 2.60. The van der Waals surface area contributed by atoms with Crippen LogP contribution in [0, 0.1) is 0 Å². The van der Waals surface area contributed by atoms with Crippen molar-refractivity contribution in [2.24, 2.45) is 0 Å². The summed E-state index contributed by atoms with van der Waals surface area (Å²) in [5.74, 6) is -0.433. The number of alkyl halides is 9. The largest absolute Gasteiger partial charge is 0.434 e. The van der Waals surface area contributed by atoms with Crippen LogP contribution in [0.25, 0.3) is 10.1 Å². The Morgan fingerprint density at radius 2 is 1.51 bits per heavy atom. The molecule has 15 heteroatoms. The minimum absolute atomic E-state index is 0.0969. The van der Waals surface area contributed by atoms with Crippen molar-refractivity contribution in [1.29, 1.82) is 0 Å². The third-order valence-corrected chi connectivity index (χ3v) is 7.77. The van der Waals surface area contributed by atoms with Crippen molar-refractivity contribution in [2.75, 3.05) is 19.6 Å². The number of nitrogens with zero attached hydrogens (tertiary/aromatic N) is 2. The number of thiophene rings is 1. The Morgan fingerprint density at radius 1 is 0.892 bits per heavy atom. The van der Waals surface area contributed by atoms with E-state index in [0.29, 0.717) is 24.1 Å². The van der Waals surface area contributed by atoms with Crippen LogP contribution in [0.2, 0.25) is 0 Å². The molecule has 3 heterocycles. The molecule has 2 aliphatic heterocycles. The molecule has 5 nitrogen and oxygen atoms in total. The summed E-state index contributed by atoms with van der Waals surface area (Å²) in [6.07, 6.45) is -20.9. The number of hydrogen-bond donors (Lipinski definition) is 0. The van der Waals surface area contributed by atoms with Gasteiger partial charge in [0.2, 0.25) is 0 Å². The molecule has 0 unspecified atom stereocenters. The molecule has 0 bridgehead atoms. The van der Waals surface area contributed by atoms with Crippen LogP contribution >= 0.6 is 11.3 Å². The predicted molar refractivity (Wildman–Crippen MR) is 113 cm³/mol. The Hall–Kier alpha value is -2.71. The first kappa shape index (κ1) is 27.3. The molecule has 37 heavy (non-hydrogen) atoms. The van der Waals surface area contributed by atoms with Crippen molar-refractivity contribution < 1.29 is 53.8 Å². The van der Waals surface area contributed by atoms with Crippen LogP contribution in [0.1, 0.15) is 40.9 Å². The van der Waals surface area contributed by atoms with Crippen molar-refractivity contribution in [2.45, 2.75) is 55.9 Å². The second-order valence-corrected chi connectivity index (χ2v) is 10.1. The van der Waals surface area contributed by atoms with Gasteiger partial charge in [-0.1, -0.05) is 0 Å². The van der Waals surface area contributed by atoms with Gasteiger partial charge in [0.1, 0.15) is 0 Å². The van der Waals surface area contributed by atoms with Crippen LogP contribution in [0.3, 0.4) is 0 Å². The first-order valence-corrected chi connectivity index (χ1v) is 11.8. The first-order chi connectivity index (χ1) is 17.0. The Labute approximate surface area is 207 Å². The number of halogens is 9. The number of rotatable bonds is 2. The highest BCUT2D eigenvalue weighted by Crippen LogP contribution is 2.42. The van der Waals surface area contributed by atoms with E-state index in [1.54, 1.807) is 4.90 Å². The Morgan fingerprint density at radius 3 is 2.08 bits per heavy atom. The minimum Gasteiger partial charge on any atom is -0.426 e. The van der Waals surface area contributed by atoms with E-state index in [2.05, 4.69) is 4.74 Å². The van der Waals surface area contributed by atoms with E-state index in [9.17, 15) is 49.1 Å². The average molecular weight is 562 g/mol. The third-order valence-electron chi connectivity index (χ3n) is 6.66. The van der Waals surface area contributed by atoms with Gasteiger partial charge in [-0.25, -0.2) is 4.79 Å². The highest BCUT2D eigenvalue weighted by molar-refractivity contribution is 7.20. The van der Waals surface area contributed by atoms with Crippen LogP contribution in [0.15, 0.2) is 24.3 Å². The molecule has 1 spiro atoms. The third kappa shape index (κ3) is 5.46. The van der Waals surface area contributed by atoms with Crippen molar-refractivity contribution in [3.8, 4) is 0 Å². The molecule has 2 saturated heterocycles. The number of benzene rings is 1. The molecule has 1 aromatic heterocycles. The van der Waals surface area contributed by atoms with E-state index >= 15 is 0 Å². The number of hydrogen-bond acceptors (Lipinski definition) is 4. The lowest BCUT2D eigenvalue weighted by atomic mass is 9.85. The second kappa shape index (κ2) is 9.24. The van der Waals surface area contributed by atoms with Crippen LogP contribution in [-0.4, -0.2) is 65.4 Å². The van der Waals surface area contributed by atoms with Crippen molar-refractivity contribution >= 4 is 33.4 Å². The Kier molecular flexibility index (Phi) is 6.82. The summed E-state index contributed by atoms with van der Waals surface area (Å²) in [5, 5.41) is 0.248. The number of piperidine rings is 1. The molecule has 0 radical (unpaired) electrons. The summed E-state index contributed by atoms with van der Waals surface area (Å²) >= 11 is 1.02. The zero-order valence-electron chi connectivity index (χ0n) is 18.8. The van der Waals surface area contributed by atoms with Gasteiger partial charge >= 0.3 is 24.6 Å². The van der Waals surface area contributed by atoms with Gasteiger partial charge in [0.05, 0.1) is 10.4 Å². The summed E-state index contributed by atoms with van der Waals surface area (Å²) in [6, 6.07) is 4.51. The zero-order chi connectivity index (χ0) is 27.4. The van der Waals surface area contributed by atoms with Gasteiger partial charge in [0.25, 0.3) is 12.0 Å². The molecule has 0 N–H and O–H groups in total. The number of amides is 2. The summed E-state index contributed by atoms with van der Waals surface area (Å²) in [5.41, 5.74) is -1.64. The maximum Gasteiger partial charge on any atom is 0.434 e. The van der Waals surface area contributed by atoms with Gasteiger partial charge in [-0.15, -0.1) is 11.3 Å². The fraction of sp³-hybridized carbons (Fsp3) is 0.545. The van der Waals surface area contributed by atoms with E-state index in [1.165, 1.54) is 12.1 Å². The molecular formula is C22H19F9N2O3S. The lowest BCUT2D eigenvalue weighted by molar-refractivity contribution is -0.308. The van der Waals surface area contributed by atoms with Crippen LogP contribution in [-0.2, 0) is 10.9 Å². The first-order valence-electron chi connectivity index (χ1n) is 11.0. The van der Waals surface area contributed by atoms with E-state index in [0.717, 1.165) is 28.4 Å². The van der Waals surface area contributed by atoms with E-state index in [-0.39, 0.29) is 36.2 Å². The fourth-order valence-electron chi connectivity index (χ4n) is 4.83. The lowest BCUT2D eigenvalue weighted by Crippen LogP contribution is -2.56. The van der Waals surface area contributed by atoms with E-state index in [1.807, 2.05) is 0 Å². The van der Waals surface area contributed by atoms with Gasteiger partial charge in [-0.05, 0) is 55.3 Å². The predicted octanol–water partition coefficient (Wildman–Crippen LogP) is 6.62. The summed E-state index contributed by atoms with van der Waals surface area (Å²) < 4.78 is 120. The number of carbonyl (C=O) groups is 2. The van der Waals surface area contributed by atoms with Crippen LogP contribution in [0.4, 0.5) is 44.3 Å². The summed E-state index contributed by atoms with van der Waals surface area (Å²) in [6.45, 7) is -0.144. The van der Waals surface area contributed by atoms with Crippen molar-refractivity contribution in [3.05, 3.63) is 34.7 Å². The molecule has 0 saturated carbocycles. The molecule has 2 amide bonds. The summed E-state index contributed by atoms with van der Waals surface area (Å²) in [7, 11) is 0. The van der Waals surface area contributed by atoms with Gasteiger partial charge in [-0.3, -0.25) is 4.79 Å².